The largest absolute Gasteiger partial charge is 0.449 e. The number of benzene rings is 2. The number of nitrogens with one attached hydrogen (secondary N) is 2. The van der Waals surface area contributed by atoms with Gasteiger partial charge in [0.25, 0.3) is 5.91 Å². The fourth-order valence-corrected chi connectivity index (χ4v) is 2.96. The van der Waals surface area contributed by atoms with E-state index in [1.54, 1.807) is 43.3 Å². The van der Waals surface area contributed by atoms with E-state index in [0.717, 1.165) is 5.52 Å². The predicted molar refractivity (Wildman–Crippen MR) is 101 cm³/mol. The van der Waals surface area contributed by atoms with Crippen molar-refractivity contribution in [3.05, 3.63) is 58.3 Å². The summed E-state index contributed by atoms with van der Waals surface area (Å²) in [5.41, 5.74) is 2.22. The highest BCUT2D eigenvalue weighted by Crippen LogP contribution is 2.23. The van der Waals surface area contributed by atoms with Crippen LogP contribution in [0.3, 0.4) is 0 Å². The summed E-state index contributed by atoms with van der Waals surface area (Å²) < 4.78 is 5.35. The molecule has 8 heteroatoms. The highest BCUT2D eigenvalue weighted by Gasteiger charge is 2.22. The van der Waals surface area contributed by atoms with Crippen molar-refractivity contribution in [1.82, 2.24) is 9.97 Å². The minimum atomic E-state index is -0.947. The number of esters is 1. The number of amides is 1. The molecule has 6 nitrogen and oxygen atoms in total. The number of hydrogen-bond acceptors (Lipinski definition) is 4. The molecule has 0 aliphatic heterocycles. The minimum Gasteiger partial charge on any atom is -0.449 e. The second kappa shape index (κ2) is 7.76. The molecule has 1 heterocycles. The van der Waals surface area contributed by atoms with E-state index >= 15 is 0 Å². The van der Waals surface area contributed by atoms with Gasteiger partial charge in [-0.2, -0.15) is 0 Å². The van der Waals surface area contributed by atoms with Crippen molar-refractivity contribution in [2.75, 3.05) is 5.32 Å². The van der Waals surface area contributed by atoms with E-state index in [2.05, 4.69) is 15.3 Å². The van der Waals surface area contributed by atoms with Gasteiger partial charge in [-0.25, -0.2) is 9.78 Å². The average molecular weight is 392 g/mol. The molecular weight excluding hydrogens is 377 g/mol. The minimum absolute atomic E-state index is 0.318. The predicted octanol–water partition coefficient (Wildman–Crippen LogP) is 4.44. The number of halogens is 2. The smallest absolute Gasteiger partial charge is 0.338 e. The van der Waals surface area contributed by atoms with Gasteiger partial charge in [0.05, 0.1) is 22.9 Å². The number of rotatable bonds is 5. The Morgan fingerprint density at radius 3 is 2.62 bits per heavy atom. The number of ether oxygens (including phenoxy) is 1. The summed E-state index contributed by atoms with van der Waals surface area (Å²) in [6.07, 6.45) is 0.911. The SMILES string of the molecule is CCC(OC(=O)c1ccc2nc[nH]c2c1)C(=O)Nc1cc(Cl)cc(Cl)c1. The second-order valence-electron chi connectivity index (χ2n) is 5.58. The van der Waals surface area contributed by atoms with Crippen LogP contribution in [0.2, 0.25) is 10.0 Å². The van der Waals surface area contributed by atoms with E-state index in [-0.39, 0.29) is 0 Å². The van der Waals surface area contributed by atoms with Crippen LogP contribution in [-0.4, -0.2) is 27.9 Å². The first kappa shape index (κ1) is 18.2. The van der Waals surface area contributed by atoms with Gasteiger partial charge in [-0.1, -0.05) is 30.1 Å². The molecule has 2 aromatic carbocycles. The van der Waals surface area contributed by atoms with Crippen molar-refractivity contribution in [2.24, 2.45) is 0 Å². The van der Waals surface area contributed by atoms with Gasteiger partial charge in [-0.3, -0.25) is 4.79 Å². The van der Waals surface area contributed by atoms with E-state index in [0.29, 0.717) is 33.2 Å². The van der Waals surface area contributed by atoms with E-state index in [1.807, 2.05) is 0 Å². The molecule has 0 spiro atoms. The highest BCUT2D eigenvalue weighted by molar-refractivity contribution is 6.35. The number of nitrogens with zero attached hydrogens (tertiary/aromatic N) is 1. The first-order chi connectivity index (χ1) is 12.5. The van der Waals surface area contributed by atoms with E-state index in [1.165, 1.54) is 6.33 Å². The number of aromatic amines is 1. The molecule has 0 saturated carbocycles. The number of imidazole rings is 1. The summed E-state index contributed by atoms with van der Waals surface area (Å²) in [7, 11) is 0. The van der Waals surface area contributed by atoms with Crippen molar-refractivity contribution in [1.29, 1.82) is 0 Å². The van der Waals surface area contributed by atoms with Crippen LogP contribution < -0.4 is 5.32 Å². The van der Waals surface area contributed by atoms with Crippen LogP contribution in [0.1, 0.15) is 23.7 Å². The van der Waals surface area contributed by atoms with Crippen molar-refractivity contribution < 1.29 is 14.3 Å². The lowest BCUT2D eigenvalue weighted by molar-refractivity contribution is -0.124. The highest BCUT2D eigenvalue weighted by atomic mass is 35.5. The topological polar surface area (TPSA) is 84.1 Å². The molecule has 1 unspecified atom stereocenters. The van der Waals surface area contributed by atoms with Crippen LogP contribution in [0.25, 0.3) is 11.0 Å². The average Bonchev–Trinajstić information content (AvgIpc) is 3.06. The molecule has 26 heavy (non-hydrogen) atoms. The number of aromatic nitrogens is 2. The summed E-state index contributed by atoms with van der Waals surface area (Å²) >= 11 is 11.8. The number of hydrogen-bond donors (Lipinski definition) is 2. The van der Waals surface area contributed by atoms with Gasteiger partial charge in [0, 0.05) is 15.7 Å². The Labute approximate surface area is 159 Å². The summed E-state index contributed by atoms with van der Waals surface area (Å²) in [4.78, 5) is 31.8. The Kier molecular flexibility index (Phi) is 5.44. The molecule has 134 valence electrons. The van der Waals surface area contributed by atoms with Crippen LogP contribution in [0.15, 0.2) is 42.7 Å². The first-order valence-corrected chi connectivity index (χ1v) is 8.63. The molecule has 0 saturated heterocycles. The molecule has 1 aromatic heterocycles. The lowest BCUT2D eigenvalue weighted by Gasteiger charge is -2.16. The molecule has 1 atom stereocenters. The maximum atomic E-state index is 12.4. The second-order valence-corrected chi connectivity index (χ2v) is 6.46. The van der Waals surface area contributed by atoms with Crippen LogP contribution in [-0.2, 0) is 9.53 Å². The number of carbonyl (C=O) groups excluding carboxylic acids is 2. The molecule has 0 fully saturated rings. The summed E-state index contributed by atoms with van der Waals surface area (Å²) in [6, 6.07) is 9.62. The zero-order valence-electron chi connectivity index (χ0n) is 13.8. The molecule has 0 radical (unpaired) electrons. The lowest BCUT2D eigenvalue weighted by Crippen LogP contribution is -2.32. The van der Waals surface area contributed by atoms with E-state index in [9.17, 15) is 9.59 Å². The van der Waals surface area contributed by atoms with Crippen molar-refractivity contribution >= 4 is 51.8 Å². The van der Waals surface area contributed by atoms with Gasteiger partial charge < -0.3 is 15.0 Å². The zero-order valence-corrected chi connectivity index (χ0v) is 15.3. The standard InChI is InChI=1S/C18H15Cl2N3O3/c1-2-16(17(24)23-13-7-11(19)6-12(20)8-13)26-18(25)10-3-4-14-15(5-10)22-9-21-14/h3-9,16H,2H2,1H3,(H,21,22)(H,23,24). The van der Waals surface area contributed by atoms with Crippen molar-refractivity contribution in [3.8, 4) is 0 Å². The molecule has 3 aromatic rings. The monoisotopic (exact) mass is 391 g/mol. The van der Waals surface area contributed by atoms with Crippen LogP contribution in [0, 0.1) is 0 Å². The number of fused-ring (bicyclic) bond motifs is 1. The van der Waals surface area contributed by atoms with Crippen LogP contribution >= 0.6 is 23.2 Å². The van der Waals surface area contributed by atoms with Gasteiger partial charge >= 0.3 is 5.97 Å². The fourth-order valence-electron chi connectivity index (χ4n) is 2.43. The van der Waals surface area contributed by atoms with Crippen molar-refractivity contribution in [3.63, 3.8) is 0 Å². The maximum absolute atomic E-state index is 12.4. The third kappa shape index (κ3) is 4.15. The molecule has 3 rings (SSSR count). The molecule has 0 aliphatic rings. The van der Waals surface area contributed by atoms with Gasteiger partial charge in [-0.05, 0) is 42.8 Å². The Morgan fingerprint density at radius 2 is 1.92 bits per heavy atom. The summed E-state index contributed by atoms with van der Waals surface area (Å²) in [6.45, 7) is 1.75. The summed E-state index contributed by atoms with van der Waals surface area (Å²) in [5, 5.41) is 3.44. The van der Waals surface area contributed by atoms with Gasteiger partial charge in [0.1, 0.15) is 0 Å². The van der Waals surface area contributed by atoms with Crippen molar-refractivity contribution in [2.45, 2.75) is 19.4 Å². The Morgan fingerprint density at radius 1 is 1.19 bits per heavy atom. The molecule has 2 N–H and O–H groups in total. The maximum Gasteiger partial charge on any atom is 0.338 e. The fraction of sp³-hybridized carbons (Fsp3) is 0.167. The van der Waals surface area contributed by atoms with E-state index in [4.69, 9.17) is 27.9 Å². The number of carbonyl (C=O) groups is 2. The quantitative estimate of drug-likeness (QED) is 0.629. The van der Waals surface area contributed by atoms with Crippen LogP contribution in [0.5, 0.6) is 0 Å². The molecular formula is C18H15Cl2N3O3. The summed E-state index contributed by atoms with van der Waals surface area (Å²) in [5.74, 6) is -1.05. The third-order valence-electron chi connectivity index (χ3n) is 3.70. The third-order valence-corrected chi connectivity index (χ3v) is 4.13. The van der Waals surface area contributed by atoms with Crippen LogP contribution in [0.4, 0.5) is 5.69 Å². The van der Waals surface area contributed by atoms with Gasteiger partial charge in [-0.15, -0.1) is 0 Å². The molecule has 0 aliphatic carbocycles. The number of anilines is 1. The number of H-pyrrole nitrogens is 1. The molecule has 0 bridgehead atoms. The zero-order chi connectivity index (χ0) is 18.7. The van der Waals surface area contributed by atoms with Gasteiger partial charge in [0.15, 0.2) is 6.10 Å². The lowest BCUT2D eigenvalue weighted by atomic mass is 10.2. The Hall–Kier alpha value is -2.57. The normalized spacial score (nSPS) is 12.0. The Bertz CT molecular complexity index is 951. The Balaban J connectivity index is 1.71. The molecule has 1 amide bonds. The van der Waals surface area contributed by atoms with Gasteiger partial charge in [0.2, 0.25) is 0 Å². The first-order valence-electron chi connectivity index (χ1n) is 7.87. The van der Waals surface area contributed by atoms with E-state index < -0.39 is 18.0 Å².